The highest BCUT2D eigenvalue weighted by molar-refractivity contribution is 5.75. The zero-order valence-corrected chi connectivity index (χ0v) is 7.66. The zero-order chi connectivity index (χ0) is 9.68. The first-order chi connectivity index (χ1) is 6.20. The van der Waals surface area contributed by atoms with Crippen LogP contribution in [0.2, 0.25) is 0 Å². The molecule has 70 valence electrons. The molecule has 0 aliphatic rings. The van der Waals surface area contributed by atoms with Gasteiger partial charge in [0.05, 0.1) is 0 Å². The number of halogens is 1. The zero-order valence-electron chi connectivity index (χ0n) is 7.66. The second-order valence-electron chi connectivity index (χ2n) is 3.12. The van der Waals surface area contributed by atoms with Gasteiger partial charge >= 0.3 is 0 Å². The van der Waals surface area contributed by atoms with Gasteiger partial charge in [-0.05, 0) is 18.9 Å². The van der Waals surface area contributed by atoms with Gasteiger partial charge in [0.2, 0.25) is 0 Å². The molecular weight excluding hydrogens is 167 g/mol. The predicted octanol–water partition coefficient (Wildman–Crippen LogP) is 3.07. The van der Waals surface area contributed by atoms with Crippen molar-refractivity contribution >= 4 is 5.78 Å². The first kappa shape index (κ1) is 9.90. The van der Waals surface area contributed by atoms with Crippen molar-refractivity contribution < 1.29 is 9.18 Å². The summed E-state index contributed by atoms with van der Waals surface area (Å²) in [5, 5.41) is 0. The summed E-state index contributed by atoms with van der Waals surface area (Å²) in [6.07, 6.45) is -0.403. The average Bonchev–Trinajstić information content (AvgIpc) is 2.15. The third-order valence-electron chi connectivity index (χ3n) is 1.91. The number of rotatable bonds is 4. The number of ketones is 1. The van der Waals surface area contributed by atoms with Crippen molar-refractivity contribution in [3.05, 3.63) is 35.9 Å². The van der Waals surface area contributed by atoms with Crippen LogP contribution >= 0.6 is 0 Å². The number of alkyl halides is 1. The molecule has 0 aromatic heterocycles. The van der Waals surface area contributed by atoms with E-state index >= 15 is 0 Å². The maximum Gasteiger partial charge on any atom is 0.129 e. The maximum absolute atomic E-state index is 13.3. The molecular formula is C11H13FO. The fourth-order valence-electron chi connectivity index (χ4n) is 1.16. The van der Waals surface area contributed by atoms with Crippen LogP contribution in [0.1, 0.15) is 31.5 Å². The van der Waals surface area contributed by atoms with Gasteiger partial charge in [-0.25, -0.2) is 4.39 Å². The van der Waals surface area contributed by atoms with Gasteiger partial charge in [-0.15, -0.1) is 0 Å². The Balaban J connectivity index is 2.49. The van der Waals surface area contributed by atoms with E-state index in [-0.39, 0.29) is 5.78 Å². The summed E-state index contributed by atoms with van der Waals surface area (Å²) in [5.74, 6) is 0.0404. The second kappa shape index (κ2) is 4.75. The van der Waals surface area contributed by atoms with Crippen LogP contribution in [0.4, 0.5) is 4.39 Å². The molecule has 0 saturated carbocycles. The molecule has 0 heterocycles. The molecule has 1 aromatic carbocycles. The Kier molecular flexibility index (Phi) is 3.62. The molecule has 0 N–H and O–H groups in total. The third-order valence-corrected chi connectivity index (χ3v) is 1.91. The summed E-state index contributed by atoms with van der Waals surface area (Å²) >= 11 is 0. The summed E-state index contributed by atoms with van der Waals surface area (Å²) in [6, 6.07) is 8.93. The SMILES string of the molecule is CC(=O)CCC(F)c1ccccc1. The van der Waals surface area contributed by atoms with Crippen molar-refractivity contribution in [2.45, 2.75) is 25.9 Å². The van der Waals surface area contributed by atoms with Gasteiger partial charge in [0.1, 0.15) is 12.0 Å². The van der Waals surface area contributed by atoms with Crippen LogP contribution in [-0.2, 0) is 4.79 Å². The smallest absolute Gasteiger partial charge is 0.129 e. The number of Topliss-reactive ketones (excluding diaryl/α,β-unsaturated/α-hetero) is 1. The lowest BCUT2D eigenvalue weighted by atomic mass is 10.1. The highest BCUT2D eigenvalue weighted by atomic mass is 19.1. The maximum atomic E-state index is 13.3. The van der Waals surface area contributed by atoms with Crippen molar-refractivity contribution in [2.24, 2.45) is 0 Å². The topological polar surface area (TPSA) is 17.1 Å². The van der Waals surface area contributed by atoms with Crippen LogP contribution in [0, 0.1) is 0 Å². The molecule has 1 atom stereocenters. The Morgan fingerprint density at radius 2 is 2.00 bits per heavy atom. The summed E-state index contributed by atoms with van der Waals surface area (Å²) in [4.78, 5) is 10.6. The summed E-state index contributed by atoms with van der Waals surface area (Å²) in [6.45, 7) is 1.48. The lowest BCUT2D eigenvalue weighted by Gasteiger charge is -2.06. The van der Waals surface area contributed by atoms with Gasteiger partial charge in [0.25, 0.3) is 0 Å². The van der Waals surface area contributed by atoms with E-state index in [0.29, 0.717) is 18.4 Å². The van der Waals surface area contributed by atoms with E-state index in [1.807, 2.05) is 6.07 Å². The molecule has 1 nitrogen and oxygen atoms in total. The molecule has 13 heavy (non-hydrogen) atoms. The first-order valence-electron chi connectivity index (χ1n) is 4.38. The number of carbonyl (C=O) groups is 1. The Morgan fingerprint density at radius 3 is 2.54 bits per heavy atom. The number of hydrogen-bond acceptors (Lipinski definition) is 1. The fourth-order valence-corrected chi connectivity index (χ4v) is 1.16. The molecule has 1 rings (SSSR count). The Morgan fingerprint density at radius 1 is 1.38 bits per heavy atom. The molecule has 1 unspecified atom stereocenters. The van der Waals surface area contributed by atoms with Crippen molar-refractivity contribution in [1.82, 2.24) is 0 Å². The van der Waals surface area contributed by atoms with E-state index in [4.69, 9.17) is 0 Å². The molecule has 1 aromatic rings. The van der Waals surface area contributed by atoms with E-state index < -0.39 is 6.17 Å². The van der Waals surface area contributed by atoms with Gasteiger partial charge in [0, 0.05) is 6.42 Å². The molecule has 0 aliphatic heterocycles. The second-order valence-corrected chi connectivity index (χ2v) is 3.12. The minimum Gasteiger partial charge on any atom is -0.300 e. The summed E-state index contributed by atoms with van der Waals surface area (Å²) < 4.78 is 13.3. The molecule has 0 bridgehead atoms. The minimum atomic E-state index is -1.01. The van der Waals surface area contributed by atoms with Crippen LogP contribution < -0.4 is 0 Å². The van der Waals surface area contributed by atoms with Crippen LogP contribution in [0.15, 0.2) is 30.3 Å². The molecule has 0 spiro atoms. The summed E-state index contributed by atoms with van der Waals surface area (Å²) in [5.41, 5.74) is 0.656. The lowest BCUT2D eigenvalue weighted by Crippen LogP contribution is -1.96. The third kappa shape index (κ3) is 3.36. The van der Waals surface area contributed by atoms with Gasteiger partial charge in [-0.3, -0.25) is 0 Å². The first-order valence-corrected chi connectivity index (χ1v) is 4.38. The highest BCUT2D eigenvalue weighted by Crippen LogP contribution is 2.21. The van der Waals surface area contributed by atoms with E-state index in [1.165, 1.54) is 6.92 Å². The Bertz CT molecular complexity index is 269. The Labute approximate surface area is 77.6 Å². The summed E-state index contributed by atoms with van der Waals surface area (Å²) in [7, 11) is 0. The van der Waals surface area contributed by atoms with Crippen molar-refractivity contribution in [1.29, 1.82) is 0 Å². The number of hydrogen-bond donors (Lipinski definition) is 0. The molecule has 0 radical (unpaired) electrons. The molecule has 0 aliphatic carbocycles. The van der Waals surface area contributed by atoms with E-state index in [2.05, 4.69) is 0 Å². The van der Waals surface area contributed by atoms with Gasteiger partial charge in [-0.2, -0.15) is 0 Å². The number of benzene rings is 1. The van der Waals surface area contributed by atoms with Crippen molar-refractivity contribution in [2.75, 3.05) is 0 Å². The van der Waals surface area contributed by atoms with Crippen molar-refractivity contribution in [3.8, 4) is 0 Å². The quantitative estimate of drug-likeness (QED) is 0.696. The van der Waals surface area contributed by atoms with E-state index in [9.17, 15) is 9.18 Å². The van der Waals surface area contributed by atoms with Crippen LogP contribution in [0.5, 0.6) is 0 Å². The fraction of sp³-hybridized carbons (Fsp3) is 0.364. The molecule has 2 heteroatoms. The predicted molar refractivity (Wildman–Crippen MR) is 50.2 cm³/mol. The average molecular weight is 180 g/mol. The monoisotopic (exact) mass is 180 g/mol. The van der Waals surface area contributed by atoms with Crippen molar-refractivity contribution in [3.63, 3.8) is 0 Å². The van der Waals surface area contributed by atoms with Crippen LogP contribution in [-0.4, -0.2) is 5.78 Å². The van der Waals surface area contributed by atoms with Gasteiger partial charge < -0.3 is 4.79 Å². The number of carbonyl (C=O) groups excluding carboxylic acids is 1. The van der Waals surface area contributed by atoms with Crippen LogP contribution in [0.3, 0.4) is 0 Å². The lowest BCUT2D eigenvalue weighted by molar-refractivity contribution is -0.117. The molecule has 0 amide bonds. The van der Waals surface area contributed by atoms with Gasteiger partial charge in [-0.1, -0.05) is 30.3 Å². The van der Waals surface area contributed by atoms with Gasteiger partial charge in [0.15, 0.2) is 0 Å². The molecule has 0 fully saturated rings. The normalized spacial score (nSPS) is 12.5. The van der Waals surface area contributed by atoms with E-state index in [0.717, 1.165) is 0 Å². The largest absolute Gasteiger partial charge is 0.300 e. The minimum absolute atomic E-state index is 0.0404. The highest BCUT2D eigenvalue weighted by Gasteiger charge is 2.09. The van der Waals surface area contributed by atoms with E-state index in [1.54, 1.807) is 24.3 Å². The standard InChI is InChI=1S/C11H13FO/c1-9(13)7-8-11(12)10-5-3-2-4-6-10/h2-6,11H,7-8H2,1H3. The van der Waals surface area contributed by atoms with Crippen LogP contribution in [0.25, 0.3) is 0 Å². The Hall–Kier alpha value is -1.18. The molecule has 0 saturated heterocycles.